The summed E-state index contributed by atoms with van der Waals surface area (Å²) in [5.41, 5.74) is 2.10. The molecule has 2 rings (SSSR count). The van der Waals surface area contributed by atoms with Crippen LogP contribution in [-0.2, 0) is 16.4 Å². The lowest BCUT2D eigenvalue weighted by Gasteiger charge is -2.21. The molecule has 0 fully saturated rings. The Hall–Kier alpha value is -1.89. The summed E-state index contributed by atoms with van der Waals surface area (Å²) in [5.74, 6) is 0.263. The van der Waals surface area contributed by atoms with Gasteiger partial charge in [0.15, 0.2) is 0 Å². The normalized spacial score (nSPS) is 14.2. The molecule has 0 amide bonds. The number of rotatable bonds is 7. The molecule has 2 aromatic carbocycles. The quantitative estimate of drug-likeness (QED) is 0.806. The molecule has 130 valence electrons. The van der Waals surface area contributed by atoms with Crippen molar-refractivity contribution >= 4 is 10.0 Å². The van der Waals surface area contributed by atoms with E-state index in [-0.39, 0.29) is 22.7 Å². The number of methoxy groups -OCH3 is 1. The molecule has 0 aliphatic carbocycles. The number of nitrogens with one attached hydrogen (secondary N) is 1. The summed E-state index contributed by atoms with van der Waals surface area (Å²) in [6, 6.07) is 15.6. The Bertz CT molecular complexity index is 776. The van der Waals surface area contributed by atoms with Gasteiger partial charge in [-0.15, -0.1) is 0 Å². The maximum Gasteiger partial charge on any atom is 0.241 e. The molecular weight excluding hydrogens is 324 g/mol. The van der Waals surface area contributed by atoms with Crippen molar-refractivity contribution in [2.24, 2.45) is 5.14 Å². The first-order valence-corrected chi connectivity index (χ1v) is 9.36. The smallest absolute Gasteiger partial charge is 0.241 e. The predicted octanol–water partition coefficient (Wildman–Crippen LogP) is 2.62. The molecule has 6 heteroatoms. The number of hydrogen-bond acceptors (Lipinski definition) is 4. The number of hydrogen-bond donors (Lipinski definition) is 2. The van der Waals surface area contributed by atoms with Gasteiger partial charge in [-0.05, 0) is 43.5 Å². The van der Waals surface area contributed by atoms with Crippen LogP contribution in [0.2, 0.25) is 0 Å². The Morgan fingerprint density at radius 1 is 1.12 bits per heavy atom. The van der Waals surface area contributed by atoms with Crippen LogP contribution in [0.1, 0.15) is 31.0 Å². The van der Waals surface area contributed by atoms with Crippen LogP contribution >= 0.6 is 0 Å². The molecule has 0 heterocycles. The lowest BCUT2D eigenvalue weighted by atomic mass is 10.0. The van der Waals surface area contributed by atoms with Gasteiger partial charge in [0, 0.05) is 12.1 Å². The molecule has 0 aliphatic heterocycles. The Morgan fingerprint density at radius 2 is 1.79 bits per heavy atom. The lowest BCUT2D eigenvalue weighted by Crippen LogP contribution is -2.30. The number of sulfonamides is 1. The molecule has 2 aromatic rings. The van der Waals surface area contributed by atoms with Gasteiger partial charge in [-0.3, -0.25) is 0 Å². The highest BCUT2D eigenvalue weighted by Crippen LogP contribution is 2.24. The number of ether oxygens (including phenoxy) is 1. The largest absolute Gasteiger partial charge is 0.495 e. The standard InChI is InChI=1S/C18H24N2O3S/c1-13(20-14(2)16-7-5-4-6-8-16)11-15-9-10-17(23-3)18(12-15)24(19,21)22/h4-10,12-14,20H,11H2,1-3H3,(H2,19,21,22)/t13-,14-/m1/s1. The second-order valence-corrected chi connectivity index (χ2v) is 7.46. The summed E-state index contributed by atoms with van der Waals surface area (Å²) in [4.78, 5) is 0.0193. The van der Waals surface area contributed by atoms with Crippen LogP contribution < -0.4 is 15.2 Å². The zero-order valence-electron chi connectivity index (χ0n) is 14.2. The van der Waals surface area contributed by atoms with Gasteiger partial charge in [0.2, 0.25) is 10.0 Å². The van der Waals surface area contributed by atoms with Gasteiger partial charge < -0.3 is 10.1 Å². The van der Waals surface area contributed by atoms with E-state index < -0.39 is 10.0 Å². The fraction of sp³-hybridized carbons (Fsp3) is 0.333. The molecule has 24 heavy (non-hydrogen) atoms. The third kappa shape index (κ3) is 4.80. The van der Waals surface area contributed by atoms with Crippen molar-refractivity contribution in [1.82, 2.24) is 5.32 Å². The Labute approximate surface area is 143 Å². The van der Waals surface area contributed by atoms with E-state index in [1.165, 1.54) is 12.7 Å². The van der Waals surface area contributed by atoms with Crippen molar-refractivity contribution in [2.75, 3.05) is 7.11 Å². The van der Waals surface area contributed by atoms with Crippen molar-refractivity contribution in [3.8, 4) is 5.75 Å². The van der Waals surface area contributed by atoms with Crippen LogP contribution in [0.25, 0.3) is 0 Å². The zero-order chi connectivity index (χ0) is 17.7. The number of nitrogens with two attached hydrogens (primary N) is 1. The van der Waals surface area contributed by atoms with E-state index in [2.05, 4.69) is 31.3 Å². The molecule has 5 nitrogen and oxygen atoms in total. The first kappa shape index (κ1) is 18.4. The summed E-state index contributed by atoms with van der Waals surface area (Å²) < 4.78 is 28.5. The maximum absolute atomic E-state index is 11.7. The zero-order valence-corrected chi connectivity index (χ0v) is 15.0. The Morgan fingerprint density at radius 3 is 2.38 bits per heavy atom. The Kier molecular flexibility index (Phi) is 5.99. The minimum Gasteiger partial charge on any atom is -0.495 e. The fourth-order valence-corrected chi connectivity index (χ4v) is 3.50. The van der Waals surface area contributed by atoms with Gasteiger partial charge in [0.25, 0.3) is 0 Å². The third-order valence-corrected chi connectivity index (χ3v) is 4.84. The molecule has 3 N–H and O–H groups in total. The SMILES string of the molecule is COc1ccc(C[C@@H](C)N[C@H](C)c2ccccc2)cc1S(N)(=O)=O. The molecule has 0 unspecified atom stereocenters. The minimum atomic E-state index is -3.82. The summed E-state index contributed by atoms with van der Waals surface area (Å²) in [7, 11) is -2.39. The minimum absolute atomic E-state index is 0.0193. The summed E-state index contributed by atoms with van der Waals surface area (Å²) in [6.07, 6.45) is 0.684. The molecule has 0 radical (unpaired) electrons. The monoisotopic (exact) mass is 348 g/mol. The second-order valence-electron chi connectivity index (χ2n) is 5.93. The van der Waals surface area contributed by atoms with Gasteiger partial charge in [0.05, 0.1) is 7.11 Å². The van der Waals surface area contributed by atoms with Crippen molar-refractivity contribution in [3.05, 3.63) is 59.7 Å². The van der Waals surface area contributed by atoms with Crippen LogP contribution in [0.5, 0.6) is 5.75 Å². The highest BCUT2D eigenvalue weighted by Gasteiger charge is 2.17. The molecular formula is C18H24N2O3S. The van der Waals surface area contributed by atoms with Gasteiger partial charge in [-0.2, -0.15) is 0 Å². The molecule has 0 saturated heterocycles. The van der Waals surface area contributed by atoms with Gasteiger partial charge in [0.1, 0.15) is 10.6 Å². The molecule has 2 atom stereocenters. The topological polar surface area (TPSA) is 81.4 Å². The van der Waals surface area contributed by atoms with E-state index in [4.69, 9.17) is 9.88 Å². The van der Waals surface area contributed by atoms with Crippen LogP contribution in [0, 0.1) is 0 Å². The third-order valence-electron chi connectivity index (χ3n) is 3.91. The van der Waals surface area contributed by atoms with Gasteiger partial charge in [-0.25, -0.2) is 13.6 Å². The lowest BCUT2D eigenvalue weighted by molar-refractivity contribution is 0.402. The molecule has 0 aromatic heterocycles. The van der Waals surface area contributed by atoms with Crippen LogP contribution in [0.3, 0.4) is 0 Å². The molecule has 0 bridgehead atoms. The highest BCUT2D eigenvalue weighted by atomic mass is 32.2. The van der Waals surface area contributed by atoms with E-state index in [1.54, 1.807) is 12.1 Å². The Balaban J connectivity index is 2.10. The fourth-order valence-electron chi connectivity index (χ4n) is 2.75. The van der Waals surface area contributed by atoms with E-state index >= 15 is 0 Å². The average Bonchev–Trinajstić information content (AvgIpc) is 2.54. The van der Waals surface area contributed by atoms with Crippen molar-refractivity contribution in [2.45, 2.75) is 37.2 Å². The first-order chi connectivity index (χ1) is 11.3. The molecule has 0 spiro atoms. The first-order valence-electron chi connectivity index (χ1n) is 7.82. The van der Waals surface area contributed by atoms with Crippen molar-refractivity contribution in [3.63, 3.8) is 0 Å². The van der Waals surface area contributed by atoms with E-state index in [0.717, 1.165) is 5.56 Å². The van der Waals surface area contributed by atoms with Crippen LogP contribution in [0.15, 0.2) is 53.4 Å². The van der Waals surface area contributed by atoms with E-state index in [1.807, 2.05) is 24.3 Å². The van der Waals surface area contributed by atoms with Gasteiger partial charge >= 0.3 is 0 Å². The summed E-state index contributed by atoms with van der Waals surface area (Å²) in [6.45, 7) is 4.18. The highest BCUT2D eigenvalue weighted by molar-refractivity contribution is 7.89. The van der Waals surface area contributed by atoms with E-state index in [0.29, 0.717) is 6.42 Å². The van der Waals surface area contributed by atoms with Crippen molar-refractivity contribution < 1.29 is 13.2 Å². The summed E-state index contributed by atoms with van der Waals surface area (Å²) >= 11 is 0. The predicted molar refractivity (Wildman–Crippen MR) is 95.5 cm³/mol. The maximum atomic E-state index is 11.7. The van der Waals surface area contributed by atoms with E-state index in [9.17, 15) is 8.42 Å². The molecule has 0 aliphatic rings. The summed E-state index contributed by atoms with van der Waals surface area (Å²) in [5, 5.41) is 8.79. The number of primary sulfonamides is 1. The van der Waals surface area contributed by atoms with Gasteiger partial charge in [-0.1, -0.05) is 36.4 Å². The molecule has 0 saturated carbocycles. The average molecular weight is 348 g/mol. The van der Waals surface area contributed by atoms with Crippen LogP contribution in [-0.4, -0.2) is 21.6 Å². The number of benzene rings is 2. The van der Waals surface area contributed by atoms with Crippen molar-refractivity contribution in [1.29, 1.82) is 0 Å². The van der Waals surface area contributed by atoms with Crippen LogP contribution in [0.4, 0.5) is 0 Å². The second kappa shape index (κ2) is 7.79.